The van der Waals surface area contributed by atoms with Gasteiger partial charge in [0.2, 0.25) is 0 Å². The largest absolute Gasteiger partial charge is 0.387 e. The molecule has 0 saturated carbocycles. The highest BCUT2D eigenvalue weighted by Crippen LogP contribution is 2.24. The molecule has 0 aromatic heterocycles. The molecule has 0 heterocycles. The third-order valence-corrected chi connectivity index (χ3v) is 3.49. The molecule has 2 nitrogen and oxygen atoms in total. The maximum Gasteiger partial charge on any atom is 0.0943 e. The van der Waals surface area contributed by atoms with Gasteiger partial charge in [0.25, 0.3) is 0 Å². The summed E-state index contributed by atoms with van der Waals surface area (Å²) in [4.78, 5) is 0. The van der Waals surface area contributed by atoms with Crippen LogP contribution < -0.4 is 5.73 Å². The highest BCUT2D eigenvalue weighted by Gasteiger charge is 2.19. The normalized spacial score (nSPS) is 14.4. The van der Waals surface area contributed by atoms with Crippen molar-refractivity contribution in [3.63, 3.8) is 0 Å². The second-order valence-electron chi connectivity index (χ2n) is 5.25. The van der Waals surface area contributed by atoms with Crippen molar-refractivity contribution in [1.29, 1.82) is 0 Å². The zero-order valence-corrected chi connectivity index (χ0v) is 11.5. The molecule has 2 heteroatoms. The summed E-state index contributed by atoms with van der Waals surface area (Å²) in [5.41, 5.74) is 9.19. The number of benzene rings is 2. The van der Waals surface area contributed by atoms with E-state index in [-0.39, 0.29) is 12.0 Å². The van der Waals surface area contributed by atoms with Crippen LogP contribution in [0.5, 0.6) is 0 Å². The van der Waals surface area contributed by atoms with E-state index in [1.807, 2.05) is 56.3 Å². The van der Waals surface area contributed by atoms with E-state index in [1.165, 1.54) is 5.56 Å². The summed E-state index contributed by atoms with van der Waals surface area (Å²) in [6.07, 6.45) is -0.607. The Balaban J connectivity index is 2.19. The SMILES string of the molecule is CC(C)C(N)C(O)c1ccc(-c2ccccc2)cc1. The van der Waals surface area contributed by atoms with Gasteiger partial charge in [0.15, 0.2) is 0 Å². The minimum Gasteiger partial charge on any atom is -0.387 e. The van der Waals surface area contributed by atoms with Crippen molar-refractivity contribution in [2.45, 2.75) is 26.0 Å². The summed E-state index contributed by atoms with van der Waals surface area (Å²) in [6, 6.07) is 17.9. The second-order valence-corrected chi connectivity index (χ2v) is 5.25. The van der Waals surface area contributed by atoms with Crippen LogP contribution >= 0.6 is 0 Å². The summed E-state index contributed by atoms with van der Waals surface area (Å²) in [6.45, 7) is 4.04. The molecule has 2 aromatic rings. The number of nitrogens with two attached hydrogens (primary N) is 1. The molecule has 0 bridgehead atoms. The van der Waals surface area contributed by atoms with E-state index < -0.39 is 6.10 Å². The van der Waals surface area contributed by atoms with E-state index >= 15 is 0 Å². The van der Waals surface area contributed by atoms with Gasteiger partial charge < -0.3 is 10.8 Å². The third-order valence-electron chi connectivity index (χ3n) is 3.49. The van der Waals surface area contributed by atoms with Gasteiger partial charge in [0.1, 0.15) is 0 Å². The fourth-order valence-corrected chi connectivity index (χ4v) is 2.09. The smallest absolute Gasteiger partial charge is 0.0943 e. The highest BCUT2D eigenvalue weighted by atomic mass is 16.3. The van der Waals surface area contributed by atoms with E-state index in [0.29, 0.717) is 0 Å². The van der Waals surface area contributed by atoms with Gasteiger partial charge in [0, 0.05) is 6.04 Å². The summed E-state index contributed by atoms with van der Waals surface area (Å²) in [5.74, 6) is 0.254. The van der Waals surface area contributed by atoms with Crippen LogP contribution in [0.25, 0.3) is 11.1 Å². The number of aliphatic hydroxyl groups is 1. The number of hydrogen-bond acceptors (Lipinski definition) is 2. The third kappa shape index (κ3) is 3.22. The topological polar surface area (TPSA) is 46.2 Å². The molecule has 0 aliphatic heterocycles. The fourth-order valence-electron chi connectivity index (χ4n) is 2.09. The number of aliphatic hydroxyl groups excluding tert-OH is 1. The molecule has 2 atom stereocenters. The average Bonchev–Trinajstić information content (AvgIpc) is 2.46. The van der Waals surface area contributed by atoms with Crippen molar-refractivity contribution >= 4 is 0 Å². The molecule has 2 rings (SSSR count). The molecule has 0 amide bonds. The molecule has 2 aromatic carbocycles. The van der Waals surface area contributed by atoms with Crippen molar-refractivity contribution in [3.05, 3.63) is 60.2 Å². The Bertz CT molecular complexity index is 505. The van der Waals surface area contributed by atoms with Crippen molar-refractivity contribution in [2.75, 3.05) is 0 Å². The first-order chi connectivity index (χ1) is 9.09. The monoisotopic (exact) mass is 255 g/mol. The Morgan fingerprint density at radius 3 is 1.89 bits per heavy atom. The van der Waals surface area contributed by atoms with Gasteiger partial charge in [-0.3, -0.25) is 0 Å². The maximum absolute atomic E-state index is 10.2. The van der Waals surface area contributed by atoms with Crippen molar-refractivity contribution < 1.29 is 5.11 Å². The lowest BCUT2D eigenvalue weighted by atomic mass is 9.93. The minimum absolute atomic E-state index is 0.234. The first-order valence-electron chi connectivity index (χ1n) is 6.68. The van der Waals surface area contributed by atoms with Gasteiger partial charge in [-0.05, 0) is 22.6 Å². The quantitative estimate of drug-likeness (QED) is 0.880. The maximum atomic E-state index is 10.2. The second kappa shape index (κ2) is 6.00. The molecular formula is C17H21NO. The zero-order valence-electron chi connectivity index (χ0n) is 11.5. The predicted molar refractivity (Wildman–Crippen MR) is 79.7 cm³/mol. The minimum atomic E-state index is -0.607. The van der Waals surface area contributed by atoms with Gasteiger partial charge in [-0.25, -0.2) is 0 Å². The molecule has 2 unspecified atom stereocenters. The van der Waals surface area contributed by atoms with E-state index in [9.17, 15) is 5.11 Å². The zero-order chi connectivity index (χ0) is 13.8. The highest BCUT2D eigenvalue weighted by molar-refractivity contribution is 5.63. The predicted octanol–water partition coefficient (Wildman–Crippen LogP) is 3.37. The molecule has 0 fully saturated rings. The van der Waals surface area contributed by atoms with E-state index in [2.05, 4.69) is 12.1 Å². The molecule has 0 spiro atoms. The summed E-state index contributed by atoms with van der Waals surface area (Å²) in [7, 11) is 0. The van der Waals surface area contributed by atoms with E-state index in [1.54, 1.807) is 0 Å². The van der Waals surface area contributed by atoms with Crippen LogP contribution in [0.15, 0.2) is 54.6 Å². The lowest BCUT2D eigenvalue weighted by Crippen LogP contribution is -2.33. The van der Waals surface area contributed by atoms with Crippen LogP contribution in [0.1, 0.15) is 25.5 Å². The molecule has 0 aliphatic carbocycles. The molecule has 3 N–H and O–H groups in total. The molecule has 0 aliphatic rings. The van der Waals surface area contributed by atoms with E-state index in [0.717, 1.165) is 11.1 Å². The van der Waals surface area contributed by atoms with Crippen LogP contribution in [-0.2, 0) is 0 Å². The average molecular weight is 255 g/mol. The molecule has 19 heavy (non-hydrogen) atoms. The lowest BCUT2D eigenvalue weighted by Gasteiger charge is -2.22. The van der Waals surface area contributed by atoms with Crippen LogP contribution in [0.2, 0.25) is 0 Å². The van der Waals surface area contributed by atoms with Crippen LogP contribution in [0.4, 0.5) is 0 Å². The van der Waals surface area contributed by atoms with Crippen LogP contribution in [0, 0.1) is 5.92 Å². The first kappa shape index (κ1) is 13.8. The van der Waals surface area contributed by atoms with Gasteiger partial charge in [-0.1, -0.05) is 68.4 Å². The fraction of sp³-hybridized carbons (Fsp3) is 0.294. The van der Waals surface area contributed by atoms with Crippen molar-refractivity contribution in [3.8, 4) is 11.1 Å². The first-order valence-corrected chi connectivity index (χ1v) is 6.68. The Hall–Kier alpha value is -1.64. The van der Waals surface area contributed by atoms with Gasteiger partial charge in [0.05, 0.1) is 6.10 Å². The lowest BCUT2D eigenvalue weighted by molar-refractivity contribution is 0.126. The molecule has 100 valence electrons. The van der Waals surface area contributed by atoms with Crippen molar-refractivity contribution in [1.82, 2.24) is 0 Å². The summed E-state index contributed by atoms with van der Waals surface area (Å²) >= 11 is 0. The van der Waals surface area contributed by atoms with Crippen molar-refractivity contribution in [2.24, 2.45) is 11.7 Å². The Kier molecular flexibility index (Phi) is 4.35. The summed E-state index contributed by atoms with van der Waals surface area (Å²) in [5, 5.41) is 10.2. The number of hydrogen-bond donors (Lipinski definition) is 2. The number of rotatable bonds is 4. The Labute approximate surface area is 114 Å². The molecular weight excluding hydrogens is 234 g/mol. The Morgan fingerprint density at radius 1 is 0.842 bits per heavy atom. The van der Waals surface area contributed by atoms with Crippen LogP contribution in [0.3, 0.4) is 0 Å². The van der Waals surface area contributed by atoms with Gasteiger partial charge in [-0.15, -0.1) is 0 Å². The summed E-state index contributed by atoms with van der Waals surface area (Å²) < 4.78 is 0. The Morgan fingerprint density at radius 2 is 1.37 bits per heavy atom. The van der Waals surface area contributed by atoms with Crippen LogP contribution in [-0.4, -0.2) is 11.1 Å². The van der Waals surface area contributed by atoms with Gasteiger partial charge in [-0.2, -0.15) is 0 Å². The molecule has 0 radical (unpaired) electrons. The molecule has 0 saturated heterocycles. The van der Waals surface area contributed by atoms with Gasteiger partial charge >= 0.3 is 0 Å². The standard InChI is InChI=1S/C17H21NO/c1-12(2)16(18)17(19)15-10-8-14(9-11-15)13-6-4-3-5-7-13/h3-12,16-17,19H,18H2,1-2H3. The van der Waals surface area contributed by atoms with E-state index in [4.69, 9.17) is 5.73 Å².